The van der Waals surface area contributed by atoms with Gasteiger partial charge in [0.1, 0.15) is 0 Å². The molecule has 1 aromatic carbocycles. The van der Waals surface area contributed by atoms with Gasteiger partial charge in [0.15, 0.2) is 0 Å². The minimum atomic E-state index is -0.465. The first-order chi connectivity index (χ1) is 10.2. The number of aromatic nitrogens is 2. The first kappa shape index (κ1) is 15.3. The highest BCUT2D eigenvalue weighted by atomic mass is 16.1. The van der Waals surface area contributed by atoms with Gasteiger partial charge in [-0.1, -0.05) is 26.0 Å². The number of benzene rings is 1. The number of carbonyl (C=O) groups is 1. The van der Waals surface area contributed by atoms with Crippen LogP contribution in [0.3, 0.4) is 0 Å². The van der Waals surface area contributed by atoms with Crippen LogP contribution in [0.2, 0.25) is 0 Å². The van der Waals surface area contributed by atoms with Gasteiger partial charge in [0.05, 0.1) is 17.4 Å². The SMILES string of the molecule is CCCNC(CC)c1ccc(-n2cc(C(N)=O)cn2)cc1. The van der Waals surface area contributed by atoms with Gasteiger partial charge in [-0.15, -0.1) is 0 Å². The van der Waals surface area contributed by atoms with E-state index in [0.29, 0.717) is 11.6 Å². The Morgan fingerprint density at radius 1 is 1.33 bits per heavy atom. The molecule has 2 aromatic rings. The number of hydrogen-bond acceptors (Lipinski definition) is 3. The zero-order chi connectivity index (χ0) is 15.2. The van der Waals surface area contributed by atoms with Crippen LogP contribution in [0.1, 0.15) is 48.7 Å². The average molecular weight is 286 g/mol. The van der Waals surface area contributed by atoms with Crippen LogP contribution < -0.4 is 11.1 Å². The zero-order valence-electron chi connectivity index (χ0n) is 12.5. The molecule has 5 heteroatoms. The maximum absolute atomic E-state index is 11.1. The fourth-order valence-corrected chi connectivity index (χ4v) is 2.27. The van der Waals surface area contributed by atoms with E-state index in [-0.39, 0.29) is 0 Å². The molecule has 1 aromatic heterocycles. The van der Waals surface area contributed by atoms with Crippen molar-refractivity contribution in [2.75, 3.05) is 6.54 Å². The van der Waals surface area contributed by atoms with Crippen molar-refractivity contribution < 1.29 is 4.79 Å². The van der Waals surface area contributed by atoms with E-state index in [9.17, 15) is 4.79 Å². The summed E-state index contributed by atoms with van der Waals surface area (Å²) in [6.07, 6.45) is 5.29. The second kappa shape index (κ2) is 7.04. The summed E-state index contributed by atoms with van der Waals surface area (Å²) in [5.41, 5.74) is 7.82. The number of nitrogens with zero attached hydrogens (tertiary/aromatic N) is 2. The van der Waals surface area contributed by atoms with E-state index in [1.807, 2.05) is 12.1 Å². The summed E-state index contributed by atoms with van der Waals surface area (Å²) in [6, 6.07) is 8.57. The molecule has 0 bridgehead atoms. The van der Waals surface area contributed by atoms with Crippen LogP contribution in [-0.2, 0) is 0 Å². The molecule has 0 aliphatic heterocycles. The van der Waals surface area contributed by atoms with E-state index in [2.05, 4.69) is 36.4 Å². The summed E-state index contributed by atoms with van der Waals surface area (Å²) in [4.78, 5) is 11.1. The van der Waals surface area contributed by atoms with Crippen molar-refractivity contribution >= 4 is 5.91 Å². The predicted octanol–water partition coefficient (Wildman–Crippen LogP) is 2.42. The van der Waals surface area contributed by atoms with Gasteiger partial charge in [0, 0.05) is 12.2 Å². The molecule has 3 N–H and O–H groups in total. The van der Waals surface area contributed by atoms with E-state index < -0.39 is 5.91 Å². The molecule has 1 unspecified atom stereocenters. The van der Waals surface area contributed by atoms with Crippen molar-refractivity contribution in [1.82, 2.24) is 15.1 Å². The van der Waals surface area contributed by atoms with E-state index in [4.69, 9.17) is 5.73 Å². The first-order valence-electron chi connectivity index (χ1n) is 7.33. The van der Waals surface area contributed by atoms with Gasteiger partial charge in [0.25, 0.3) is 5.91 Å². The molecule has 0 spiro atoms. The van der Waals surface area contributed by atoms with Gasteiger partial charge in [-0.25, -0.2) is 4.68 Å². The van der Waals surface area contributed by atoms with Crippen molar-refractivity contribution in [1.29, 1.82) is 0 Å². The minimum absolute atomic E-state index is 0.373. The molecule has 0 aliphatic carbocycles. The number of rotatable bonds is 7. The molecule has 1 atom stereocenters. The Morgan fingerprint density at radius 3 is 2.57 bits per heavy atom. The molecule has 0 saturated carbocycles. The lowest BCUT2D eigenvalue weighted by molar-refractivity contribution is 0.100. The van der Waals surface area contributed by atoms with Crippen LogP contribution in [-0.4, -0.2) is 22.2 Å². The van der Waals surface area contributed by atoms with Gasteiger partial charge in [-0.2, -0.15) is 5.10 Å². The fraction of sp³-hybridized carbons (Fsp3) is 0.375. The quantitative estimate of drug-likeness (QED) is 0.821. The molecule has 1 amide bonds. The maximum Gasteiger partial charge on any atom is 0.251 e. The van der Waals surface area contributed by atoms with Crippen LogP contribution in [0.4, 0.5) is 0 Å². The highest BCUT2D eigenvalue weighted by molar-refractivity contribution is 5.92. The van der Waals surface area contributed by atoms with Crippen LogP contribution in [0.5, 0.6) is 0 Å². The molecule has 0 radical (unpaired) electrons. The number of hydrogen-bond donors (Lipinski definition) is 2. The molecular formula is C16H22N4O. The van der Waals surface area contributed by atoms with E-state index in [0.717, 1.165) is 25.1 Å². The lowest BCUT2D eigenvalue weighted by Crippen LogP contribution is -2.21. The van der Waals surface area contributed by atoms with Crippen LogP contribution in [0, 0.1) is 0 Å². The van der Waals surface area contributed by atoms with Crippen molar-refractivity contribution in [3.8, 4) is 5.69 Å². The Morgan fingerprint density at radius 2 is 2.05 bits per heavy atom. The van der Waals surface area contributed by atoms with Crippen molar-refractivity contribution in [2.45, 2.75) is 32.7 Å². The molecule has 1 heterocycles. The Hall–Kier alpha value is -2.14. The standard InChI is InChI=1S/C16H22N4O/c1-3-9-18-15(4-2)12-5-7-14(8-6-12)20-11-13(10-19-20)16(17)21/h5-8,10-11,15,18H,3-4,9H2,1-2H3,(H2,17,21). The fourth-order valence-electron chi connectivity index (χ4n) is 2.27. The number of carbonyl (C=O) groups excluding carboxylic acids is 1. The normalized spacial score (nSPS) is 12.3. The number of amides is 1. The van der Waals surface area contributed by atoms with Crippen LogP contribution >= 0.6 is 0 Å². The first-order valence-corrected chi connectivity index (χ1v) is 7.33. The Kier molecular flexibility index (Phi) is 5.11. The molecule has 0 saturated heterocycles. The summed E-state index contributed by atoms with van der Waals surface area (Å²) in [7, 11) is 0. The highest BCUT2D eigenvalue weighted by Gasteiger charge is 2.09. The molecule has 2 rings (SSSR count). The molecular weight excluding hydrogens is 264 g/mol. The predicted molar refractivity (Wildman–Crippen MR) is 83.4 cm³/mol. The summed E-state index contributed by atoms with van der Waals surface area (Å²) in [5.74, 6) is -0.465. The number of primary amides is 1. The van der Waals surface area contributed by atoms with Crippen molar-refractivity contribution in [3.63, 3.8) is 0 Å². The van der Waals surface area contributed by atoms with Gasteiger partial charge in [-0.3, -0.25) is 4.79 Å². The highest BCUT2D eigenvalue weighted by Crippen LogP contribution is 2.18. The molecule has 5 nitrogen and oxygen atoms in total. The Bertz CT molecular complexity index is 589. The van der Waals surface area contributed by atoms with Gasteiger partial charge in [0.2, 0.25) is 0 Å². The second-order valence-corrected chi connectivity index (χ2v) is 5.04. The Balaban J connectivity index is 2.15. The number of nitrogens with one attached hydrogen (secondary N) is 1. The van der Waals surface area contributed by atoms with Crippen molar-refractivity contribution in [3.05, 3.63) is 47.8 Å². The molecule has 112 valence electrons. The van der Waals surface area contributed by atoms with Gasteiger partial charge >= 0.3 is 0 Å². The molecule has 21 heavy (non-hydrogen) atoms. The smallest absolute Gasteiger partial charge is 0.251 e. The maximum atomic E-state index is 11.1. The van der Waals surface area contributed by atoms with E-state index >= 15 is 0 Å². The van der Waals surface area contributed by atoms with E-state index in [1.54, 1.807) is 10.9 Å². The van der Waals surface area contributed by atoms with Gasteiger partial charge in [-0.05, 0) is 37.1 Å². The molecule has 0 aliphatic rings. The summed E-state index contributed by atoms with van der Waals surface area (Å²) in [6.45, 7) is 5.35. The largest absolute Gasteiger partial charge is 0.366 e. The van der Waals surface area contributed by atoms with Crippen LogP contribution in [0.15, 0.2) is 36.7 Å². The van der Waals surface area contributed by atoms with Crippen molar-refractivity contribution in [2.24, 2.45) is 5.73 Å². The van der Waals surface area contributed by atoms with Crippen LogP contribution in [0.25, 0.3) is 5.69 Å². The third-order valence-corrected chi connectivity index (χ3v) is 3.48. The third-order valence-electron chi connectivity index (χ3n) is 3.48. The van der Waals surface area contributed by atoms with Gasteiger partial charge < -0.3 is 11.1 Å². The minimum Gasteiger partial charge on any atom is -0.366 e. The lowest BCUT2D eigenvalue weighted by Gasteiger charge is -2.17. The summed E-state index contributed by atoms with van der Waals surface area (Å²) >= 11 is 0. The second-order valence-electron chi connectivity index (χ2n) is 5.04. The summed E-state index contributed by atoms with van der Waals surface area (Å²) in [5, 5.41) is 7.68. The third kappa shape index (κ3) is 3.70. The average Bonchev–Trinajstić information content (AvgIpc) is 2.99. The monoisotopic (exact) mass is 286 g/mol. The zero-order valence-corrected chi connectivity index (χ0v) is 12.5. The van der Waals surface area contributed by atoms with E-state index in [1.165, 1.54) is 11.8 Å². The number of nitrogens with two attached hydrogens (primary N) is 1. The summed E-state index contributed by atoms with van der Waals surface area (Å²) < 4.78 is 1.66. The lowest BCUT2D eigenvalue weighted by atomic mass is 10.0. The topological polar surface area (TPSA) is 72.9 Å². The molecule has 0 fully saturated rings. The Labute approximate surface area is 125 Å².